The molecular formula is C32H37N3O3. The van der Waals surface area contributed by atoms with E-state index >= 15 is 0 Å². The fraction of sp³-hybridized carbons (Fsp3) is 0.344. The molecule has 1 aromatic heterocycles. The Bertz CT molecular complexity index is 1340. The number of rotatable bonds is 6. The van der Waals surface area contributed by atoms with Gasteiger partial charge in [-0.3, -0.25) is 4.98 Å². The van der Waals surface area contributed by atoms with E-state index in [9.17, 15) is 10.0 Å². The highest BCUT2D eigenvalue weighted by Crippen LogP contribution is 2.33. The predicted molar refractivity (Wildman–Crippen MR) is 152 cm³/mol. The molecule has 1 aliphatic rings. The highest BCUT2D eigenvalue weighted by molar-refractivity contribution is 6.01. The average molecular weight is 512 g/mol. The van der Waals surface area contributed by atoms with Gasteiger partial charge in [0.2, 0.25) is 0 Å². The number of benzene rings is 2. The van der Waals surface area contributed by atoms with Crippen LogP contribution in [0, 0.1) is 13.8 Å². The fourth-order valence-corrected chi connectivity index (χ4v) is 4.87. The molecule has 0 radical (unpaired) electrons. The molecule has 1 aliphatic heterocycles. The van der Waals surface area contributed by atoms with Crippen molar-refractivity contribution in [3.8, 4) is 0 Å². The van der Waals surface area contributed by atoms with Crippen molar-refractivity contribution >= 4 is 17.4 Å². The first-order valence-corrected chi connectivity index (χ1v) is 13.1. The van der Waals surface area contributed by atoms with Gasteiger partial charge in [0.15, 0.2) is 0 Å². The van der Waals surface area contributed by atoms with E-state index in [1.54, 1.807) is 11.1 Å². The first-order valence-electron chi connectivity index (χ1n) is 13.1. The SMILES string of the molecule is Cc1cc(/C(C[C@H](c2ccc(C3=CCN(C(=O)OC(C)(C)C)CC3)cc2)c2ccccc2C)=N\O)ccn1. The second-order valence-corrected chi connectivity index (χ2v) is 10.9. The molecule has 1 amide bonds. The van der Waals surface area contributed by atoms with Gasteiger partial charge in [0.1, 0.15) is 5.60 Å². The van der Waals surface area contributed by atoms with Crippen molar-refractivity contribution in [1.29, 1.82) is 0 Å². The predicted octanol–water partition coefficient (Wildman–Crippen LogP) is 7.12. The van der Waals surface area contributed by atoms with E-state index in [2.05, 4.69) is 65.6 Å². The number of carbonyl (C=O) groups is 1. The summed E-state index contributed by atoms with van der Waals surface area (Å²) < 4.78 is 5.52. The molecule has 1 N–H and O–H groups in total. The van der Waals surface area contributed by atoms with Crippen LogP contribution in [0.5, 0.6) is 0 Å². The zero-order valence-electron chi connectivity index (χ0n) is 22.9. The van der Waals surface area contributed by atoms with Gasteiger partial charge in [0.05, 0.1) is 5.71 Å². The molecule has 2 heterocycles. The molecule has 0 bridgehead atoms. The van der Waals surface area contributed by atoms with Crippen LogP contribution in [0.1, 0.15) is 73.0 Å². The van der Waals surface area contributed by atoms with Gasteiger partial charge in [0, 0.05) is 42.9 Å². The molecule has 0 spiro atoms. The number of aryl methyl sites for hydroxylation is 2. The molecular weight excluding hydrogens is 474 g/mol. The number of amides is 1. The molecule has 0 saturated heterocycles. The van der Waals surface area contributed by atoms with Gasteiger partial charge in [-0.2, -0.15) is 0 Å². The number of aromatic nitrogens is 1. The summed E-state index contributed by atoms with van der Waals surface area (Å²) >= 11 is 0. The van der Waals surface area contributed by atoms with E-state index in [4.69, 9.17) is 4.74 Å². The number of nitrogens with zero attached hydrogens (tertiary/aromatic N) is 3. The first-order chi connectivity index (χ1) is 18.1. The summed E-state index contributed by atoms with van der Waals surface area (Å²) in [7, 11) is 0. The van der Waals surface area contributed by atoms with Crippen LogP contribution in [0.2, 0.25) is 0 Å². The van der Waals surface area contributed by atoms with Crippen LogP contribution in [-0.2, 0) is 4.74 Å². The molecule has 6 heteroatoms. The monoisotopic (exact) mass is 511 g/mol. The average Bonchev–Trinajstić information content (AvgIpc) is 2.89. The fourth-order valence-electron chi connectivity index (χ4n) is 4.87. The third kappa shape index (κ3) is 6.68. The third-order valence-corrected chi connectivity index (χ3v) is 6.86. The summed E-state index contributed by atoms with van der Waals surface area (Å²) in [4.78, 5) is 18.4. The van der Waals surface area contributed by atoms with E-state index < -0.39 is 5.60 Å². The maximum absolute atomic E-state index is 12.4. The van der Waals surface area contributed by atoms with Gasteiger partial charge in [-0.25, -0.2) is 4.79 Å². The highest BCUT2D eigenvalue weighted by Gasteiger charge is 2.24. The minimum absolute atomic E-state index is 0.0209. The second kappa shape index (κ2) is 11.6. The zero-order valence-corrected chi connectivity index (χ0v) is 22.9. The molecule has 0 unspecified atom stereocenters. The van der Waals surface area contributed by atoms with Crippen molar-refractivity contribution in [2.24, 2.45) is 5.16 Å². The molecule has 3 aromatic rings. The van der Waals surface area contributed by atoms with Crippen LogP contribution in [0.4, 0.5) is 4.79 Å². The molecule has 1 atom stereocenters. The number of carbonyl (C=O) groups excluding carboxylic acids is 1. The topological polar surface area (TPSA) is 75.0 Å². The van der Waals surface area contributed by atoms with E-state index in [1.165, 1.54) is 16.7 Å². The Morgan fingerprint density at radius 3 is 2.45 bits per heavy atom. The number of ether oxygens (including phenoxy) is 1. The Hall–Kier alpha value is -3.93. The lowest BCUT2D eigenvalue weighted by Gasteiger charge is -2.29. The van der Waals surface area contributed by atoms with Crippen LogP contribution in [-0.4, -0.2) is 45.6 Å². The number of hydrogen-bond donors (Lipinski definition) is 1. The van der Waals surface area contributed by atoms with E-state index in [-0.39, 0.29) is 12.0 Å². The van der Waals surface area contributed by atoms with Gasteiger partial charge in [-0.05, 0) is 81.0 Å². The van der Waals surface area contributed by atoms with Crippen LogP contribution in [0.25, 0.3) is 5.57 Å². The van der Waals surface area contributed by atoms with Crippen LogP contribution >= 0.6 is 0 Å². The van der Waals surface area contributed by atoms with Crippen LogP contribution in [0.15, 0.2) is 78.1 Å². The van der Waals surface area contributed by atoms with E-state index in [1.807, 2.05) is 45.9 Å². The first kappa shape index (κ1) is 27.1. The summed E-state index contributed by atoms with van der Waals surface area (Å²) in [5.74, 6) is 0.0209. The van der Waals surface area contributed by atoms with E-state index in [0.717, 1.165) is 28.8 Å². The lowest BCUT2D eigenvalue weighted by molar-refractivity contribution is 0.0270. The summed E-state index contributed by atoms with van der Waals surface area (Å²) in [5.41, 5.74) is 7.83. The van der Waals surface area contributed by atoms with Gasteiger partial charge < -0.3 is 14.8 Å². The molecule has 4 rings (SSSR count). The zero-order chi connectivity index (χ0) is 27.3. The molecule has 6 nitrogen and oxygen atoms in total. The van der Waals surface area contributed by atoms with Crippen molar-refractivity contribution in [3.05, 3.63) is 106 Å². The van der Waals surface area contributed by atoms with Crippen molar-refractivity contribution in [3.63, 3.8) is 0 Å². The Morgan fingerprint density at radius 1 is 1.11 bits per heavy atom. The summed E-state index contributed by atoms with van der Waals surface area (Å²) in [5, 5.41) is 13.6. The Balaban J connectivity index is 1.57. The Morgan fingerprint density at radius 2 is 1.84 bits per heavy atom. The van der Waals surface area contributed by atoms with E-state index in [0.29, 0.717) is 25.2 Å². The molecule has 0 saturated carbocycles. The maximum atomic E-state index is 12.4. The number of hydrogen-bond acceptors (Lipinski definition) is 5. The largest absolute Gasteiger partial charge is 0.444 e. The molecule has 0 fully saturated rings. The maximum Gasteiger partial charge on any atom is 0.410 e. The van der Waals surface area contributed by atoms with Crippen molar-refractivity contribution in [1.82, 2.24) is 9.88 Å². The molecule has 0 aliphatic carbocycles. The molecule has 2 aromatic carbocycles. The van der Waals surface area contributed by atoms with Crippen molar-refractivity contribution < 1.29 is 14.7 Å². The van der Waals surface area contributed by atoms with Crippen LogP contribution in [0.3, 0.4) is 0 Å². The van der Waals surface area contributed by atoms with Gasteiger partial charge in [-0.15, -0.1) is 0 Å². The molecule has 38 heavy (non-hydrogen) atoms. The second-order valence-electron chi connectivity index (χ2n) is 10.9. The lowest BCUT2D eigenvalue weighted by atomic mass is 9.83. The lowest BCUT2D eigenvalue weighted by Crippen LogP contribution is -2.39. The quantitative estimate of drug-likeness (QED) is 0.217. The number of pyridine rings is 1. The van der Waals surface area contributed by atoms with Crippen molar-refractivity contribution in [2.45, 2.75) is 59.0 Å². The Labute approximate surface area is 225 Å². The van der Waals surface area contributed by atoms with Gasteiger partial charge in [0.25, 0.3) is 0 Å². The number of oxime groups is 1. The summed E-state index contributed by atoms with van der Waals surface area (Å²) in [6, 6.07) is 20.8. The van der Waals surface area contributed by atoms with Crippen LogP contribution < -0.4 is 0 Å². The minimum atomic E-state index is -0.499. The normalized spacial score (nSPS) is 15.1. The minimum Gasteiger partial charge on any atom is -0.444 e. The third-order valence-electron chi connectivity index (χ3n) is 6.86. The van der Waals surface area contributed by atoms with Gasteiger partial charge in [-0.1, -0.05) is 59.8 Å². The van der Waals surface area contributed by atoms with Crippen molar-refractivity contribution in [2.75, 3.05) is 13.1 Å². The van der Waals surface area contributed by atoms with Gasteiger partial charge >= 0.3 is 6.09 Å². The Kier molecular flexibility index (Phi) is 8.30. The summed E-state index contributed by atoms with van der Waals surface area (Å²) in [6.45, 7) is 10.9. The smallest absolute Gasteiger partial charge is 0.410 e. The highest BCUT2D eigenvalue weighted by atomic mass is 16.6. The standard InChI is InChI=1S/C32H37N3O3/c1-22-8-6-7-9-28(22)29(21-30(34-37)27-14-17-33-23(2)20-27)26-12-10-24(11-13-26)25-15-18-35(19-16-25)31(36)38-32(3,4)5/h6-15,17,20,29,37H,16,18-19,21H2,1-5H3/b34-30-/t29-/m1/s1. The molecule has 198 valence electrons. The summed E-state index contributed by atoms with van der Waals surface area (Å²) in [6.07, 6.45) is 4.92.